The van der Waals surface area contributed by atoms with Crippen molar-refractivity contribution in [3.8, 4) is 11.5 Å². The van der Waals surface area contributed by atoms with E-state index >= 15 is 0 Å². The third-order valence-corrected chi connectivity index (χ3v) is 4.43. The summed E-state index contributed by atoms with van der Waals surface area (Å²) in [6, 6.07) is 5.99. The predicted molar refractivity (Wildman–Crippen MR) is 87.7 cm³/mol. The molecule has 1 amide bonds. The van der Waals surface area contributed by atoms with Crippen LogP contribution < -0.4 is 9.47 Å². The van der Waals surface area contributed by atoms with E-state index in [0.29, 0.717) is 12.7 Å². The van der Waals surface area contributed by atoms with Crippen LogP contribution in [0.4, 0.5) is 0 Å². The van der Waals surface area contributed by atoms with Crippen molar-refractivity contribution in [3.05, 3.63) is 23.8 Å². The Hall–Kier alpha value is -1.42. The lowest BCUT2D eigenvalue weighted by molar-refractivity contribution is -0.136. The van der Waals surface area contributed by atoms with Gasteiger partial charge in [-0.25, -0.2) is 0 Å². The molecule has 5 heteroatoms. The molecule has 2 heterocycles. The molecule has 0 aromatic heterocycles. The minimum atomic E-state index is 0. The van der Waals surface area contributed by atoms with E-state index in [9.17, 15) is 4.79 Å². The quantitative estimate of drug-likeness (QED) is 0.851. The van der Waals surface area contributed by atoms with Gasteiger partial charge in [-0.05, 0) is 49.8 Å². The second-order valence-corrected chi connectivity index (χ2v) is 5.88. The molecule has 2 aliphatic heterocycles. The Balaban J connectivity index is 0.00000176. The predicted octanol–water partition coefficient (Wildman–Crippen LogP) is 3.42. The number of carbonyl (C=O) groups excluding carboxylic acids is 1. The van der Waals surface area contributed by atoms with Crippen molar-refractivity contribution in [2.24, 2.45) is 5.92 Å². The number of ether oxygens (including phenoxy) is 2. The van der Waals surface area contributed by atoms with Crippen LogP contribution in [0, 0.1) is 5.92 Å². The normalized spacial score (nSPS) is 17.8. The number of likely N-dealkylation sites (tertiary alicyclic amines) is 1. The Kier molecular flexibility index (Phi) is 5.95. The van der Waals surface area contributed by atoms with Gasteiger partial charge in [0.15, 0.2) is 11.5 Å². The molecular weight excluding hydrogens is 302 g/mol. The molecule has 4 nitrogen and oxygen atoms in total. The maximum Gasteiger partial charge on any atom is 0.231 e. The largest absolute Gasteiger partial charge is 0.454 e. The second-order valence-electron chi connectivity index (χ2n) is 5.88. The van der Waals surface area contributed by atoms with Crippen molar-refractivity contribution < 1.29 is 14.3 Å². The van der Waals surface area contributed by atoms with Gasteiger partial charge in [-0.2, -0.15) is 0 Å². The van der Waals surface area contributed by atoms with Gasteiger partial charge in [0, 0.05) is 19.0 Å². The highest BCUT2D eigenvalue weighted by Crippen LogP contribution is 2.33. The molecule has 3 rings (SSSR count). The fraction of sp³-hybridized carbons (Fsp3) is 0.588. The topological polar surface area (TPSA) is 38.8 Å². The summed E-state index contributed by atoms with van der Waals surface area (Å²) >= 11 is 0. The molecule has 1 aromatic carbocycles. The van der Waals surface area contributed by atoms with E-state index in [0.717, 1.165) is 55.8 Å². The maximum absolute atomic E-state index is 12.6. The van der Waals surface area contributed by atoms with Crippen molar-refractivity contribution in [2.45, 2.75) is 39.0 Å². The van der Waals surface area contributed by atoms with E-state index in [2.05, 4.69) is 6.92 Å². The van der Waals surface area contributed by atoms with Crippen molar-refractivity contribution >= 4 is 18.3 Å². The third kappa shape index (κ3) is 3.67. The van der Waals surface area contributed by atoms with Crippen LogP contribution >= 0.6 is 12.4 Å². The Morgan fingerprint density at radius 3 is 2.64 bits per heavy atom. The molecule has 0 bridgehead atoms. The molecule has 22 heavy (non-hydrogen) atoms. The lowest BCUT2D eigenvalue weighted by atomic mass is 9.94. The Labute approximate surface area is 138 Å². The summed E-state index contributed by atoms with van der Waals surface area (Å²) in [7, 11) is 0. The number of fused-ring (bicyclic) bond motifs is 1. The van der Waals surface area contributed by atoms with E-state index in [-0.39, 0.29) is 18.3 Å². The highest BCUT2D eigenvalue weighted by molar-refractivity contribution is 5.85. The molecular formula is C17H24ClNO3. The zero-order valence-electron chi connectivity index (χ0n) is 13.0. The average molecular weight is 326 g/mol. The fourth-order valence-corrected chi connectivity index (χ4v) is 3.13. The van der Waals surface area contributed by atoms with Crippen molar-refractivity contribution in [3.63, 3.8) is 0 Å². The summed E-state index contributed by atoms with van der Waals surface area (Å²) in [6.07, 6.45) is 5.20. The van der Waals surface area contributed by atoms with E-state index in [1.165, 1.54) is 6.42 Å². The van der Waals surface area contributed by atoms with Gasteiger partial charge in [0.25, 0.3) is 0 Å². The van der Waals surface area contributed by atoms with Gasteiger partial charge in [-0.1, -0.05) is 13.0 Å². The van der Waals surface area contributed by atoms with Crippen LogP contribution in [-0.4, -0.2) is 30.7 Å². The molecule has 1 unspecified atom stereocenters. The van der Waals surface area contributed by atoms with Crippen LogP contribution in [0.15, 0.2) is 18.2 Å². The first-order chi connectivity index (χ1) is 10.3. The van der Waals surface area contributed by atoms with Crippen LogP contribution in [0.1, 0.15) is 38.2 Å². The van der Waals surface area contributed by atoms with E-state index < -0.39 is 0 Å². The van der Waals surface area contributed by atoms with Crippen LogP contribution in [0.5, 0.6) is 11.5 Å². The summed E-state index contributed by atoms with van der Waals surface area (Å²) in [6.45, 7) is 4.25. The average Bonchev–Trinajstić information content (AvgIpc) is 3.00. The molecule has 0 spiro atoms. The van der Waals surface area contributed by atoms with E-state index in [1.807, 2.05) is 23.1 Å². The number of piperidine rings is 1. The van der Waals surface area contributed by atoms with Crippen LogP contribution in [-0.2, 0) is 11.2 Å². The molecule has 0 saturated carbocycles. The Morgan fingerprint density at radius 1 is 1.18 bits per heavy atom. The molecule has 122 valence electrons. The summed E-state index contributed by atoms with van der Waals surface area (Å²) in [5, 5.41) is 0. The SMILES string of the molecule is CCC(Cc1ccc2c(c1)OCO2)C(=O)N1CCCCC1.Cl. The van der Waals surface area contributed by atoms with Crippen LogP contribution in [0.25, 0.3) is 0 Å². The van der Waals surface area contributed by atoms with Gasteiger partial charge in [-0.15, -0.1) is 12.4 Å². The van der Waals surface area contributed by atoms with Gasteiger partial charge < -0.3 is 14.4 Å². The van der Waals surface area contributed by atoms with Crippen LogP contribution in [0.2, 0.25) is 0 Å². The number of hydrogen-bond acceptors (Lipinski definition) is 3. The Morgan fingerprint density at radius 2 is 1.91 bits per heavy atom. The Bertz CT molecular complexity index is 515. The molecule has 0 aliphatic carbocycles. The van der Waals surface area contributed by atoms with Crippen LogP contribution in [0.3, 0.4) is 0 Å². The molecule has 1 fully saturated rings. The number of carbonyl (C=O) groups is 1. The smallest absolute Gasteiger partial charge is 0.231 e. The highest BCUT2D eigenvalue weighted by atomic mass is 35.5. The molecule has 0 N–H and O–H groups in total. The highest BCUT2D eigenvalue weighted by Gasteiger charge is 2.25. The summed E-state index contributed by atoms with van der Waals surface area (Å²) in [4.78, 5) is 14.7. The lowest BCUT2D eigenvalue weighted by Crippen LogP contribution is -2.40. The molecule has 0 radical (unpaired) electrons. The minimum Gasteiger partial charge on any atom is -0.454 e. The van der Waals surface area contributed by atoms with Gasteiger partial charge >= 0.3 is 0 Å². The number of hydrogen-bond donors (Lipinski definition) is 0. The standard InChI is InChI=1S/C17H23NO3.ClH/c1-2-14(17(19)18-8-4-3-5-9-18)10-13-6-7-15-16(11-13)21-12-20-15;/h6-7,11,14H,2-5,8-10,12H2,1H3;1H. The van der Waals surface area contributed by atoms with Gasteiger partial charge in [-0.3, -0.25) is 4.79 Å². The fourth-order valence-electron chi connectivity index (χ4n) is 3.13. The number of benzene rings is 1. The zero-order valence-corrected chi connectivity index (χ0v) is 13.9. The number of rotatable bonds is 4. The first kappa shape index (κ1) is 16.9. The first-order valence-corrected chi connectivity index (χ1v) is 7.95. The molecule has 2 aliphatic rings. The van der Waals surface area contributed by atoms with E-state index in [4.69, 9.17) is 9.47 Å². The van der Waals surface area contributed by atoms with E-state index in [1.54, 1.807) is 0 Å². The zero-order chi connectivity index (χ0) is 14.7. The number of nitrogens with zero attached hydrogens (tertiary/aromatic N) is 1. The summed E-state index contributed by atoms with van der Waals surface area (Å²) in [5.74, 6) is 1.99. The number of halogens is 1. The van der Waals surface area contributed by atoms with Gasteiger partial charge in [0.2, 0.25) is 12.7 Å². The summed E-state index contributed by atoms with van der Waals surface area (Å²) < 4.78 is 10.7. The van der Waals surface area contributed by atoms with Crippen molar-refractivity contribution in [1.29, 1.82) is 0 Å². The maximum atomic E-state index is 12.6. The summed E-state index contributed by atoms with van der Waals surface area (Å²) in [5.41, 5.74) is 1.15. The lowest BCUT2D eigenvalue weighted by Gasteiger charge is -2.30. The monoisotopic (exact) mass is 325 g/mol. The molecule has 1 atom stereocenters. The molecule has 1 saturated heterocycles. The van der Waals surface area contributed by atoms with Gasteiger partial charge in [0.1, 0.15) is 0 Å². The second kappa shape index (κ2) is 7.73. The van der Waals surface area contributed by atoms with Crippen molar-refractivity contribution in [1.82, 2.24) is 4.90 Å². The third-order valence-electron chi connectivity index (χ3n) is 4.43. The van der Waals surface area contributed by atoms with Crippen molar-refractivity contribution in [2.75, 3.05) is 19.9 Å². The minimum absolute atomic E-state index is 0. The first-order valence-electron chi connectivity index (χ1n) is 7.95. The van der Waals surface area contributed by atoms with Gasteiger partial charge in [0.05, 0.1) is 0 Å². The molecule has 1 aromatic rings. The number of amides is 1.